The average molecular weight is 316 g/mol. The lowest BCUT2D eigenvalue weighted by molar-refractivity contribution is -0.137. The van der Waals surface area contributed by atoms with Crippen molar-refractivity contribution in [3.8, 4) is 0 Å². The first-order valence-electron chi connectivity index (χ1n) is 5.82. The second kappa shape index (κ2) is 6.52. The van der Waals surface area contributed by atoms with Gasteiger partial charge in [0.15, 0.2) is 0 Å². The third-order valence-electron chi connectivity index (χ3n) is 2.74. The van der Waals surface area contributed by atoms with E-state index in [1.807, 2.05) is 36.6 Å². The molecule has 0 aromatic carbocycles. The van der Waals surface area contributed by atoms with Crippen LogP contribution in [0.15, 0.2) is 29.6 Å². The van der Waals surface area contributed by atoms with Gasteiger partial charge in [0.1, 0.15) is 0 Å². The summed E-state index contributed by atoms with van der Waals surface area (Å²) in [5.41, 5.74) is 0. The zero-order chi connectivity index (χ0) is 13.8. The van der Waals surface area contributed by atoms with E-state index in [1.165, 1.54) is 11.3 Å². The van der Waals surface area contributed by atoms with Gasteiger partial charge < -0.3 is 10.4 Å². The Bertz CT molecular complexity index is 539. The van der Waals surface area contributed by atoms with Crippen molar-refractivity contribution in [2.45, 2.75) is 25.4 Å². The van der Waals surface area contributed by atoms with Gasteiger partial charge in [0.25, 0.3) is 0 Å². The summed E-state index contributed by atoms with van der Waals surface area (Å²) in [6, 6.07) is 7.62. The van der Waals surface area contributed by atoms with Gasteiger partial charge in [-0.15, -0.1) is 22.7 Å². The standard InChI is InChI=1S/C13H14ClNO2S2/c1-8(10-4-5-12(14)19-10)15-9(7-13(16)17)11-3-2-6-18-11/h2-6,8-9,15H,7H2,1H3,(H,16,17). The lowest BCUT2D eigenvalue weighted by atomic mass is 10.1. The van der Waals surface area contributed by atoms with Crippen LogP contribution in [0.4, 0.5) is 0 Å². The molecular weight excluding hydrogens is 302 g/mol. The summed E-state index contributed by atoms with van der Waals surface area (Å²) in [5, 5.41) is 14.3. The molecule has 2 aromatic rings. The van der Waals surface area contributed by atoms with Crippen LogP contribution in [0, 0.1) is 0 Å². The molecule has 2 unspecified atom stereocenters. The van der Waals surface area contributed by atoms with E-state index < -0.39 is 5.97 Å². The van der Waals surface area contributed by atoms with Crippen LogP contribution in [-0.2, 0) is 4.79 Å². The summed E-state index contributed by atoms with van der Waals surface area (Å²) in [5.74, 6) is -0.803. The van der Waals surface area contributed by atoms with Crippen LogP contribution < -0.4 is 5.32 Å². The molecule has 19 heavy (non-hydrogen) atoms. The topological polar surface area (TPSA) is 49.3 Å². The van der Waals surface area contributed by atoms with Crippen LogP contribution >= 0.6 is 34.3 Å². The fourth-order valence-corrected chi connectivity index (χ4v) is 3.71. The summed E-state index contributed by atoms with van der Waals surface area (Å²) >= 11 is 9.00. The summed E-state index contributed by atoms with van der Waals surface area (Å²) < 4.78 is 0.745. The smallest absolute Gasteiger partial charge is 0.305 e. The lowest BCUT2D eigenvalue weighted by Gasteiger charge is -2.20. The maximum atomic E-state index is 11.0. The first-order chi connectivity index (χ1) is 9.06. The fourth-order valence-electron chi connectivity index (χ4n) is 1.85. The minimum Gasteiger partial charge on any atom is -0.481 e. The van der Waals surface area contributed by atoms with Crippen molar-refractivity contribution >= 4 is 40.2 Å². The van der Waals surface area contributed by atoms with E-state index in [-0.39, 0.29) is 18.5 Å². The van der Waals surface area contributed by atoms with Crippen LogP contribution in [0.2, 0.25) is 4.34 Å². The Labute approximate surface area is 124 Å². The zero-order valence-electron chi connectivity index (χ0n) is 10.3. The minimum absolute atomic E-state index is 0.0731. The lowest BCUT2D eigenvalue weighted by Crippen LogP contribution is -2.25. The molecule has 0 aliphatic heterocycles. The molecule has 0 fully saturated rings. The van der Waals surface area contributed by atoms with Gasteiger partial charge in [-0.2, -0.15) is 0 Å². The van der Waals surface area contributed by atoms with Gasteiger partial charge in [-0.3, -0.25) is 4.79 Å². The van der Waals surface area contributed by atoms with Crippen molar-refractivity contribution in [2.24, 2.45) is 0 Å². The van der Waals surface area contributed by atoms with E-state index in [0.717, 1.165) is 14.1 Å². The molecule has 3 nitrogen and oxygen atoms in total. The van der Waals surface area contributed by atoms with E-state index >= 15 is 0 Å². The number of carboxylic acids is 1. The van der Waals surface area contributed by atoms with Crippen molar-refractivity contribution in [2.75, 3.05) is 0 Å². The monoisotopic (exact) mass is 315 g/mol. The molecule has 0 aliphatic carbocycles. The molecule has 0 bridgehead atoms. The van der Waals surface area contributed by atoms with E-state index in [9.17, 15) is 4.79 Å². The van der Waals surface area contributed by atoms with Crippen molar-refractivity contribution in [3.63, 3.8) is 0 Å². The maximum Gasteiger partial charge on any atom is 0.305 e. The van der Waals surface area contributed by atoms with Crippen LogP contribution in [-0.4, -0.2) is 11.1 Å². The normalized spacial score (nSPS) is 14.2. The number of halogens is 1. The average Bonchev–Trinajstić information content (AvgIpc) is 2.97. The van der Waals surface area contributed by atoms with Crippen LogP contribution in [0.25, 0.3) is 0 Å². The Morgan fingerprint density at radius 3 is 2.74 bits per heavy atom. The summed E-state index contributed by atoms with van der Waals surface area (Å²) in [6.07, 6.45) is 0.0734. The highest BCUT2D eigenvalue weighted by molar-refractivity contribution is 7.16. The number of thiophene rings is 2. The molecule has 0 radical (unpaired) electrons. The minimum atomic E-state index is -0.803. The molecule has 2 heterocycles. The Morgan fingerprint density at radius 2 is 2.21 bits per heavy atom. The number of carboxylic acid groups (broad SMARTS) is 1. The van der Waals surface area contributed by atoms with Crippen LogP contribution in [0.3, 0.4) is 0 Å². The Balaban J connectivity index is 2.09. The third kappa shape index (κ3) is 4.04. The molecule has 102 valence electrons. The Kier molecular flexibility index (Phi) is 4.99. The van der Waals surface area contributed by atoms with Gasteiger partial charge in [0.05, 0.1) is 16.8 Å². The molecule has 6 heteroatoms. The summed E-state index contributed by atoms with van der Waals surface area (Å²) in [7, 11) is 0. The second-order valence-electron chi connectivity index (χ2n) is 4.20. The van der Waals surface area contributed by atoms with E-state index in [0.29, 0.717) is 0 Å². The molecule has 0 spiro atoms. The first kappa shape index (κ1) is 14.5. The van der Waals surface area contributed by atoms with Gasteiger partial charge in [-0.05, 0) is 30.5 Å². The number of hydrogen-bond acceptors (Lipinski definition) is 4. The fraction of sp³-hybridized carbons (Fsp3) is 0.308. The van der Waals surface area contributed by atoms with Crippen molar-refractivity contribution in [3.05, 3.63) is 43.7 Å². The molecule has 2 atom stereocenters. The van der Waals surface area contributed by atoms with Gasteiger partial charge >= 0.3 is 5.97 Å². The molecule has 0 amide bonds. The largest absolute Gasteiger partial charge is 0.481 e. The van der Waals surface area contributed by atoms with Crippen LogP contribution in [0.1, 0.15) is 35.2 Å². The van der Waals surface area contributed by atoms with Gasteiger partial charge in [-0.1, -0.05) is 17.7 Å². The van der Waals surface area contributed by atoms with Crippen molar-refractivity contribution in [1.82, 2.24) is 5.32 Å². The SMILES string of the molecule is CC(NC(CC(=O)O)c1cccs1)c1ccc(Cl)s1. The molecule has 2 rings (SSSR count). The predicted molar refractivity (Wildman–Crippen MR) is 80.2 cm³/mol. The van der Waals surface area contributed by atoms with E-state index in [1.54, 1.807) is 11.3 Å². The van der Waals surface area contributed by atoms with Gasteiger partial charge in [0, 0.05) is 15.8 Å². The summed E-state index contributed by atoms with van der Waals surface area (Å²) in [6.45, 7) is 2.02. The first-order valence-corrected chi connectivity index (χ1v) is 7.90. The maximum absolute atomic E-state index is 11.0. The number of aliphatic carboxylic acids is 1. The Hall–Kier alpha value is -0.880. The number of carbonyl (C=O) groups is 1. The molecule has 0 saturated carbocycles. The zero-order valence-corrected chi connectivity index (χ0v) is 12.7. The van der Waals surface area contributed by atoms with Crippen molar-refractivity contribution < 1.29 is 9.90 Å². The van der Waals surface area contributed by atoms with E-state index in [4.69, 9.17) is 16.7 Å². The number of rotatable bonds is 6. The number of nitrogens with one attached hydrogen (secondary N) is 1. The van der Waals surface area contributed by atoms with Crippen molar-refractivity contribution in [1.29, 1.82) is 0 Å². The highest BCUT2D eigenvalue weighted by Crippen LogP contribution is 2.30. The number of hydrogen-bond donors (Lipinski definition) is 2. The second-order valence-corrected chi connectivity index (χ2v) is 6.92. The highest BCUT2D eigenvalue weighted by atomic mass is 35.5. The Morgan fingerprint density at radius 1 is 1.42 bits per heavy atom. The predicted octanol–water partition coefficient (Wildman–Crippen LogP) is 4.33. The molecule has 0 saturated heterocycles. The third-order valence-corrected chi connectivity index (χ3v) is 5.14. The quantitative estimate of drug-likeness (QED) is 0.834. The summed E-state index contributed by atoms with van der Waals surface area (Å²) in [4.78, 5) is 13.1. The molecule has 2 N–H and O–H groups in total. The molecular formula is C13H14ClNO2S2. The highest BCUT2D eigenvalue weighted by Gasteiger charge is 2.20. The van der Waals surface area contributed by atoms with E-state index in [2.05, 4.69) is 5.32 Å². The van der Waals surface area contributed by atoms with Crippen LogP contribution in [0.5, 0.6) is 0 Å². The van der Waals surface area contributed by atoms with Gasteiger partial charge in [-0.25, -0.2) is 0 Å². The molecule has 2 aromatic heterocycles. The van der Waals surface area contributed by atoms with Gasteiger partial charge in [0.2, 0.25) is 0 Å². The molecule has 0 aliphatic rings.